The van der Waals surface area contributed by atoms with Gasteiger partial charge in [-0.3, -0.25) is 4.99 Å². The van der Waals surface area contributed by atoms with Crippen LogP contribution in [0.25, 0.3) is 0 Å². The predicted octanol–water partition coefficient (Wildman–Crippen LogP) is 4.98. The van der Waals surface area contributed by atoms with Crippen LogP contribution < -0.4 is 4.74 Å². The Morgan fingerprint density at radius 3 is 2.40 bits per heavy atom. The number of oxime groups is 1. The molecule has 0 saturated carbocycles. The number of rotatable bonds is 7. The average Bonchev–Trinajstić information content (AvgIpc) is 3.23. The first-order valence-electron chi connectivity index (χ1n) is 9.48. The van der Waals surface area contributed by atoms with Gasteiger partial charge in [0.1, 0.15) is 23.9 Å². The molecule has 3 aromatic rings. The van der Waals surface area contributed by atoms with Crippen LogP contribution in [0.2, 0.25) is 0 Å². The van der Waals surface area contributed by atoms with Gasteiger partial charge in [-0.05, 0) is 35.9 Å². The van der Waals surface area contributed by atoms with Gasteiger partial charge in [0.15, 0.2) is 6.17 Å². The summed E-state index contributed by atoms with van der Waals surface area (Å²) in [6.45, 7) is 0.0353. The van der Waals surface area contributed by atoms with Crippen LogP contribution in [0.15, 0.2) is 94.0 Å². The third kappa shape index (κ3) is 4.43. The van der Waals surface area contributed by atoms with Crippen LogP contribution in [0.1, 0.15) is 22.9 Å². The quantitative estimate of drug-likeness (QED) is 0.414. The summed E-state index contributed by atoms with van der Waals surface area (Å²) in [4.78, 5) is 14.8. The molecule has 6 heteroatoms. The van der Waals surface area contributed by atoms with Crippen molar-refractivity contribution in [1.29, 1.82) is 0 Å². The summed E-state index contributed by atoms with van der Waals surface area (Å²) in [7, 11) is 1.62. The van der Waals surface area contributed by atoms with Crippen LogP contribution in [-0.2, 0) is 11.4 Å². The number of hydrogen-bond donors (Lipinski definition) is 0. The van der Waals surface area contributed by atoms with Crippen LogP contribution in [-0.4, -0.2) is 24.7 Å². The third-order valence-electron chi connectivity index (χ3n) is 4.64. The summed E-state index contributed by atoms with van der Waals surface area (Å²) in [5.74, 6) is 0.438. The zero-order chi connectivity index (χ0) is 20.8. The van der Waals surface area contributed by atoms with Gasteiger partial charge in [0, 0.05) is 11.1 Å². The van der Waals surface area contributed by atoms with E-state index in [1.165, 1.54) is 12.3 Å². The minimum absolute atomic E-state index is 0.0353. The highest BCUT2D eigenvalue weighted by molar-refractivity contribution is 6.67. The lowest BCUT2D eigenvalue weighted by atomic mass is 10.1. The Morgan fingerprint density at radius 2 is 1.67 bits per heavy atom. The number of methoxy groups -OCH3 is 1. The molecular weight excluding hydrogens is 381 g/mol. The van der Waals surface area contributed by atoms with E-state index in [9.17, 15) is 4.39 Å². The van der Waals surface area contributed by atoms with Crippen molar-refractivity contribution in [2.24, 2.45) is 15.1 Å². The zero-order valence-corrected chi connectivity index (χ0v) is 16.4. The van der Waals surface area contributed by atoms with Crippen molar-refractivity contribution in [3.63, 3.8) is 0 Å². The van der Waals surface area contributed by atoms with Gasteiger partial charge in [0.25, 0.3) is 0 Å². The normalized spacial score (nSPS) is 15.7. The van der Waals surface area contributed by atoms with E-state index < -0.39 is 0 Å². The molecule has 0 saturated heterocycles. The van der Waals surface area contributed by atoms with Gasteiger partial charge in [-0.25, -0.2) is 9.38 Å². The van der Waals surface area contributed by atoms with E-state index in [1.54, 1.807) is 25.3 Å². The molecule has 0 fully saturated rings. The number of benzene rings is 3. The lowest BCUT2D eigenvalue weighted by molar-refractivity contribution is 0.130. The molecule has 1 atom stereocenters. The smallest absolute Gasteiger partial charge is 0.166 e. The van der Waals surface area contributed by atoms with E-state index in [0.717, 1.165) is 16.9 Å². The fraction of sp³-hybridized carbons (Fsp3) is 0.125. The Kier molecular flexibility index (Phi) is 5.94. The van der Waals surface area contributed by atoms with Crippen LogP contribution in [0.5, 0.6) is 5.75 Å². The molecule has 1 aliphatic heterocycles. The van der Waals surface area contributed by atoms with Crippen LogP contribution in [0, 0.1) is 5.82 Å². The van der Waals surface area contributed by atoms with Gasteiger partial charge in [-0.2, -0.15) is 0 Å². The Bertz CT molecular complexity index is 1090. The minimum atomic E-state index is -0.351. The van der Waals surface area contributed by atoms with Crippen molar-refractivity contribution in [3.05, 3.63) is 101 Å². The largest absolute Gasteiger partial charge is 0.497 e. The van der Waals surface area contributed by atoms with Crippen molar-refractivity contribution in [2.45, 2.75) is 12.8 Å². The molecule has 30 heavy (non-hydrogen) atoms. The summed E-state index contributed by atoms with van der Waals surface area (Å²) >= 11 is 0. The van der Waals surface area contributed by atoms with E-state index in [1.807, 2.05) is 54.6 Å². The Hall–Kier alpha value is -3.80. The first-order chi connectivity index (χ1) is 14.7. The first kappa shape index (κ1) is 19.5. The molecule has 150 valence electrons. The van der Waals surface area contributed by atoms with Crippen LogP contribution in [0.3, 0.4) is 0 Å². The van der Waals surface area contributed by atoms with E-state index in [0.29, 0.717) is 17.0 Å². The van der Waals surface area contributed by atoms with E-state index in [-0.39, 0.29) is 18.6 Å². The van der Waals surface area contributed by atoms with E-state index >= 15 is 0 Å². The molecule has 3 aromatic carbocycles. The van der Waals surface area contributed by atoms with Gasteiger partial charge >= 0.3 is 0 Å². The van der Waals surface area contributed by atoms with Gasteiger partial charge in [-0.15, -0.1) is 0 Å². The second-order valence-electron chi connectivity index (χ2n) is 6.60. The molecule has 0 N–H and O–H groups in total. The highest BCUT2D eigenvalue weighted by atomic mass is 19.1. The first-order valence-corrected chi connectivity index (χ1v) is 9.48. The lowest BCUT2D eigenvalue weighted by Gasteiger charge is -2.04. The van der Waals surface area contributed by atoms with Crippen molar-refractivity contribution in [3.8, 4) is 5.75 Å². The highest BCUT2D eigenvalue weighted by Crippen LogP contribution is 2.26. The predicted molar refractivity (Wildman–Crippen MR) is 116 cm³/mol. The van der Waals surface area contributed by atoms with E-state index in [2.05, 4.69) is 5.16 Å². The summed E-state index contributed by atoms with van der Waals surface area (Å²) in [6, 6.07) is 23.9. The number of aliphatic imine (C=N–C) groups is 2. The maximum atomic E-state index is 13.7. The van der Waals surface area contributed by atoms with E-state index in [4.69, 9.17) is 19.6 Å². The third-order valence-corrected chi connectivity index (χ3v) is 4.64. The Morgan fingerprint density at radius 1 is 0.933 bits per heavy atom. The number of hydrogen-bond acceptors (Lipinski definition) is 5. The molecule has 1 heterocycles. The molecule has 1 unspecified atom stereocenters. The lowest BCUT2D eigenvalue weighted by Crippen LogP contribution is -2.14. The van der Waals surface area contributed by atoms with Crippen molar-refractivity contribution in [1.82, 2.24) is 0 Å². The Labute approximate surface area is 174 Å². The molecule has 0 amide bonds. The summed E-state index contributed by atoms with van der Waals surface area (Å²) in [5.41, 5.74) is 3.63. The zero-order valence-electron chi connectivity index (χ0n) is 16.4. The van der Waals surface area contributed by atoms with Crippen molar-refractivity contribution < 1.29 is 14.0 Å². The molecule has 1 aliphatic rings. The molecule has 4 rings (SSSR count). The molecule has 5 nitrogen and oxygen atoms in total. The van der Waals surface area contributed by atoms with Crippen LogP contribution in [0.4, 0.5) is 4.39 Å². The van der Waals surface area contributed by atoms with Gasteiger partial charge in [0.05, 0.1) is 19.0 Å². The van der Waals surface area contributed by atoms with Gasteiger partial charge < -0.3 is 9.57 Å². The van der Waals surface area contributed by atoms with Gasteiger partial charge in [0.2, 0.25) is 0 Å². The molecule has 0 aromatic heterocycles. The molecule has 0 bridgehead atoms. The van der Waals surface area contributed by atoms with Gasteiger partial charge in [-0.1, -0.05) is 53.7 Å². The van der Waals surface area contributed by atoms with Crippen LogP contribution >= 0.6 is 0 Å². The monoisotopic (exact) mass is 401 g/mol. The maximum absolute atomic E-state index is 13.7. The Balaban J connectivity index is 1.56. The fourth-order valence-electron chi connectivity index (χ4n) is 3.06. The molecular formula is C24H20FN3O2. The standard InChI is InChI=1S/C24H20FN3O2/c1-29-20-13-11-17(12-14-20)23-22(27-24(28-23)18-7-3-2-4-8-18)15-26-30-16-19-9-5-6-10-21(19)25/h2-15,24H,16H2,1H3/b26-15+. The SMILES string of the molecule is COc1ccc(C2=NC(c3ccccc3)N=C2/C=N/OCc2ccccc2F)cc1. The summed E-state index contributed by atoms with van der Waals surface area (Å²) < 4.78 is 19.0. The second kappa shape index (κ2) is 9.13. The number of nitrogens with zero attached hydrogens (tertiary/aromatic N) is 3. The molecule has 0 radical (unpaired) electrons. The summed E-state index contributed by atoms with van der Waals surface area (Å²) in [6.07, 6.45) is 1.17. The molecule has 0 aliphatic carbocycles. The fourth-order valence-corrected chi connectivity index (χ4v) is 3.06. The average molecular weight is 401 g/mol. The maximum Gasteiger partial charge on any atom is 0.166 e. The second-order valence-corrected chi connectivity index (χ2v) is 6.60. The highest BCUT2D eigenvalue weighted by Gasteiger charge is 2.22. The van der Waals surface area contributed by atoms with Crippen molar-refractivity contribution >= 4 is 17.6 Å². The molecule has 0 spiro atoms. The van der Waals surface area contributed by atoms with Crippen molar-refractivity contribution in [2.75, 3.05) is 7.11 Å². The minimum Gasteiger partial charge on any atom is -0.497 e. The number of ether oxygens (including phenoxy) is 1. The summed E-state index contributed by atoms with van der Waals surface area (Å²) in [5, 5.41) is 4.00. The number of halogens is 1. The topological polar surface area (TPSA) is 55.5 Å².